The van der Waals surface area contributed by atoms with E-state index in [1.165, 1.54) is 4.90 Å². The maximum absolute atomic E-state index is 12.4. The molecule has 1 N–H and O–H groups in total. The number of carbonyl (C=O) groups excluding carboxylic acids is 1. The lowest BCUT2D eigenvalue weighted by molar-refractivity contribution is -0.141. The van der Waals surface area contributed by atoms with Crippen LogP contribution in [-0.2, 0) is 11.0 Å². The number of aliphatic carboxylic acids is 1. The molecule has 2 heterocycles. The first kappa shape index (κ1) is 16.3. The highest BCUT2D eigenvalue weighted by molar-refractivity contribution is 5.94. The van der Waals surface area contributed by atoms with Crippen molar-refractivity contribution in [3.05, 3.63) is 29.6 Å². The number of nitrogens with zero attached hydrogens (tertiary/aromatic N) is 2. The third-order valence-corrected chi connectivity index (χ3v) is 3.67. The Labute approximate surface area is 124 Å². The quantitative estimate of drug-likeness (QED) is 0.930. The Morgan fingerprint density at radius 1 is 1.27 bits per heavy atom. The average molecular weight is 316 g/mol. The van der Waals surface area contributed by atoms with Gasteiger partial charge in [-0.2, -0.15) is 13.2 Å². The fourth-order valence-electron chi connectivity index (χ4n) is 2.46. The summed E-state index contributed by atoms with van der Waals surface area (Å²) in [5.41, 5.74) is -0.936. The molecule has 8 heteroatoms. The molecule has 0 radical (unpaired) electrons. The summed E-state index contributed by atoms with van der Waals surface area (Å²) in [6.45, 7) is 0.801. The Morgan fingerprint density at radius 3 is 2.36 bits per heavy atom. The second-order valence-electron chi connectivity index (χ2n) is 5.26. The number of aromatic nitrogens is 1. The first-order chi connectivity index (χ1) is 10.3. The molecule has 0 unspecified atom stereocenters. The van der Waals surface area contributed by atoms with Crippen LogP contribution in [0.5, 0.6) is 0 Å². The van der Waals surface area contributed by atoms with Crippen LogP contribution >= 0.6 is 0 Å². The number of halogens is 3. The van der Waals surface area contributed by atoms with E-state index in [1.807, 2.05) is 0 Å². The van der Waals surface area contributed by atoms with Crippen LogP contribution < -0.4 is 0 Å². The van der Waals surface area contributed by atoms with E-state index in [-0.39, 0.29) is 23.8 Å². The summed E-state index contributed by atoms with van der Waals surface area (Å²) in [4.78, 5) is 27.6. The van der Waals surface area contributed by atoms with Gasteiger partial charge in [0, 0.05) is 25.7 Å². The Kier molecular flexibility index (Phi) is 4.68. The third-order valence-electron chi connectivity index (χ3n) is 3.67. The van der Waals surface area contributed by atoms with Crippen LogP contribution in [0.3, 0.4) is 0 Å². The molecule has 0 aromatic carbocycles. The molecule has 2 rings (SSSR count). The zero-order valence-corrected chi connectivity index (χ0v) is 11.6. The van der Waals surface area contributed by atoms with Crippen molar-refractivity contribution < 1.29 is 27.9 Å². The normalized spacial score (nSPS) is 16.6. The zero-order chi connectivity index (χ0) is 16.3. The fraction of sp³-hybridized carbons (Fsp3) is 0.500. The molecule has 0 atom stereocenters. The van der Waals surface area contributed by atoms with Crippen molar-refractivity contribution in [2.45, 2.75) is 25.4 Å². The summed E-state index contributed by atoms with van der Waals surface area (Å²) in [7, 11) is 0. The van der Waals surface area contributed by atoms with Crippen molar-refractivity contribution in [2.75, 3.05) is 13.1 Å². The number of piperidine rings is 1. The lowest BCUT2D eigenvalue weighted by atomic mass is 9.93. The Hall–Kier alpha value is -2.12. The van der Waals surface area contributed by atoms with Crippen LogP contribution in [0.25, 0.3) is 0 Å². The van der Waals surface area contributed by atoms with Gasteiger partial charge in [-0.25, -0.2) is 0 Å². The molecule has 1 aliphatic rings. The van der Waals surface area contributed by atoms with Crippen LogP contribution in [0.15, 0.2) is 18.3 Å². The van der Waals surface area contributed by atoms with Crippen LogP contribution in [0.2, 0.25) is 0 Å². The van der Waals surface area contributed by atoms with Crippen LogP contribution in [0, 0.1) is 5.92 Å². The number of hydrogen-bond acceptors (Lipinski definition) is 3. The molecule has 1 amide bonds. The molecule has 0 spiro atoms. The van der Waals surface area contributed by atoms with E-state index in [2.05, 4.69) is 4.98 Å². The van der Waals surface area contributed by atoms with Gasteiger partial charge < -0.3 is 10.0 Å². The number of carboxylic acid groups (broad SMARTS) is 1. The smallest absolute Gasteiger partial charge is 0.433 e. The molecular formula is C14H15F3N2O3. The van der Waals surface area contributed by atoms with Gasteiger partial charge in [0.2, 0.25) is 0 Å². The average Bonchev–Trinajstić information content (AvgIpc) is 2.46. The van der Waals surface area contributed by atoms with E-state index in [1.54, 1.807) is 0 Å². The number of carbonyl (C=O) groups is 2. The molecule has 1 aromatic rings. The number of amides is 1. The summed E-state index contributed by atoms with van der Waals surface area (Å²) in [5, 5.41) is 8.73. The SMILES string of the molecule is O=C(O)CC1CCN(C(=O)c2ccc(C(F)(F)F)nc2)CC1. The van der Waals surface area contributed by atoms with Crippen molar-refractivity contribution in [3.63, 3.8) is 0 Å². The zero-order valence-electron chi connectivity index (χ0n) is 11.6. The van der Waals surface area contributed by atoms with E-state index >= 15 is 0 Å². The van der Waals surface area contributed by atoms with Gasteiger partial charge in [0.25, 0.3) is 5.91 Å². The van der Waals surface area contributed by atoms with Crippen LogP contribution in [-0.4, -0.2) is 40.0 Å². The first-order valence-electron chi connectivity index (χ1n) is 6.81. The Balaban J connectivity index is 1.97. The maximum Gasteiger partial charge on any atom is 0.433 e. The van der Waals surface area contributed by atoms with Crippen molar-refractivity contribution in [1.29, 1.82) is 0 Å². The minimum Gasteiger partial charge on any atom is -0.481 e. The maximum atomic E-state index is 12.4. The standard InChI is InChI=1S/C14H15F3N2O3/c15-14(16,17)11-2-1-10(8-18-11)13(22)19-5-3-9(4-6-19)7-12(20)21/h1-2,8-9H,3-7H2,(H,20,21). The number of likely N-dealkylation sites (tertiary alicyclic amines) is 1. The number of carboxylic acids is 1. The molecule has 120 valence electrons. The highest BCUT2D eigenvalue weighted by atomic mass is 19.4. The van der Waals surface area contributed by atoms with Crippen molar-refractivity contribution >= 4 is 11.9 Å². The van der Waals surface area contributed by atoms with Gasteiger partial charge in [-0.15, -0.1) is 0 Å². The number of rotatable bonds is 3. The van der Waals surface area contributed by atoms with Gasteiger partial charge in [-0.1, -0.05) is 0 Å². The summed E-state index contributed by atoms with van der Waals surface area (Å²) in [6, 6.07) is 1.89. The predicted molar refractivity (Wildman–Crippen MR) is 70.1 cm³/mol. The summed E-state index contributed by atoms with van der Waals surface area (Å²) in [5.74, 6) is -1.21. The van der Waals surface area contributed by atoms with Gasteiger partial charge >= 0.3 is 12.1 Å². The summed E-state index contributed by atoms with van der Waals surface area (Å²) in [6.07, 6.45) is -2.38. The minimum absolute atomic E-state index is 0.0345. The topological polar surface area (TPSA) is 70.5 Å². The largest absolute Gasteiger partial charge is 0.481 e. The van der Waals surface area contributed by atoms with Crippen LogP contribution in [0.4, 0.5) is 13.2 Å². The molecule has 1 fully saturated rings. The third kappa shape index (κ3) is 3.96. The number of alkyl halides is 3. The van der Waals surface area contributed by atoms with E-state index in [4.69, 9.17) is 5.11 Å². The van der Waals surface area contributed by atoms with Gasteiger partial charge in [0.05, 0.1) is 5.56 Å². The van der Waals surface area contributed by atoms with Crippen LogP contribution in [0.1, 0.15) is 35.3 Å². The van der Waals surface area contributed by atoms with Gasteiger partial charge in [0.1, 0.15) is 5.69 Å². The minimum atomic E-state index is -4.53. The Bertz CT molecular complexity index is 549. The molecule has 0 aliphatic carbocycles. The number of pyridine rings is 1. The predicted octanol–water partition coefficient (Wildman–Crippen LogP) is 2.43. The fourth-order valence-corrected chi connectivity index (χ4v) is 2.46. The number of hydrogen-bond donors (Lipinski definition) is 1. The van der Waals surface area contributed by atoms with E-state index < -0.39 is 17.8 Å². The lowest BCUT2D eigenvalue weighted by Crippen LogP contribution is -2.39. The monoisotopic (exact) mass is 316 g/mol. The highest BCUT2D eigenvalue weighted by Crippen LogP contribution is 2.27. The van der Waals surface area contributed by atoms with Crippen molar-refractivity contribution in [2.24, 2.45) is 5.92 Å². The Morgan fingerprint density at radius 2 is 1.91 bits per heavy atom. The van der Waals surface area contributed by atoms with E-state index in [9.17, 15) is 22.8 Å². The summed E-state index contributed by atoms with van der Waals surface area (Å²) < 4.78 is 37.3. The molecule has 22 heavy (non-hydrogen) atoms. The second-order valence-corrected chi connectivity index (χ2v) is 5.26. The first-order valence-corrected chi connectivity index (χ1v) is 6.81. The van der Waals surface area contributed by atoms with Gasteiger partial charge in [-0.3, -0.25) is 14.6 Å². The van der Waals surface area contributed by atoms with E-state index in [0.717, 1.165) is 18.3 Å². The molecule has 0 bridgehead atoms. The highest BCUT2D eigenvalue weighted by Gasteiger charge is 2.32. The summed E-state index contributed by atoms with van der Waals surface area (Å²) >= 11 is 0. The molecule has 0 saturated carbocycles. The molecule has 1 saturated heterocycles. The van der Waals surface area contributed by atoms with Gasteiger partial charge in [0.15, 0.2) is 0 Å². The van der Waals surface area contributed by atoms with E-state index in [0.29, 0.717) is 25.9 Å². The second kappa shape index (κ2) is 6.33. The molecular weight excluding hydrogens is 301 g/mol. The van der Waals surface area contributed by atoms with Crippen molar-refractivity contribution in [3.8, 4) is 0 Å². The molecule has 1 aliphatic heterocycles. The molecule has 1 aromatic heterocycles. The van der Waals surface area contributed by atoms with Gasteiger partial charge in [-0.05, 0) is 30.9 Å². The van der Waals surface area contributed by atoms with Crippen molar-refractivity contribution in [1.82, 2.24) is 9.88 Å². The lowest BCUT2D eigenvalue weighted by Gasteiger charge is -2.31. The molecule has 5 nitrogen and oxygen atoms in total.